The molecule has 2 unspecified atom stereocenters. The van der Waals surface area contributed by atoms with Gasteiger partial charge in [0.2, 0.25) is 5.91 Å². The molecule has 3 aliphatic rings. The zero-order chi connectivity index (χ0) is 23.8. The monoisotopic (exact) mass is 455 g/mol. The van der Waals surface area contributed by atoms with Crippen molar-refractivity contribution >= 4 is 18.0 Å². The van der Waals surface area contributed by atoms with E-state index in [0.717, 1.165) is 31.2 Å². The summed E-state index contributed by atoms with van der Waals surface area (Å²) in [7, 11) is 0. The molecule has 0 N–H and O–H groups in total. The number of ether oxygens (including phenoxy) is 2. The van der Waals surface area contributed by atoms with Crippen molar-refractivity contribution in [2.45, 2.75) is 84.3 Å². The molecule has 1 spiro atoms. The van der Waals surface area contributed by atoms with E-state index in [9.17, 15) is 14.4 Å². The van der Waals surface area contributed by atoms with E-state index < -0.39 is 23.5 Å². The average Bonchev–Trinajstić information content (AvgIpc) is 3.42. The molecule has 3 atom stereocenters. The summed E-state index contributed by atoms with van der Waals surface area (Å²) in [6, 6.07) is 9.45. The van der Waals surface area contributed by atoms with Gasteiger partial charge in [0.05, 0.1) is 17.9 Å². The van der Waals surface area contributed by atoms with Crippen LogP contribution >= 0.6 is 0 Å². The summed E-state index contributed by atoms with van der Waals surface area (Å²) in [5.74, 6) is -1.80. The number of cyclic esters (lactones) is 1. The van der Waals surface area contributed by atoms with E-state index in [4.69, 9.17) is 9.47 Å². The third-order valence-electron chi connectivity index (χ3n) is 7.67. The van der Waals surface area contributed by atoms with Gasteiger partial charge in [-0.1, -0.05) is 37.3 Å². The molecule has 2 saturated carbocycles. The first-order chi connectivity index (χ1) is 15.6. The highest BCUT2D eigenvalue weighted by Gasteiger charge is 2.51. The lowest BCUT2D eigenvalue weighted by molar-refractivity contribution is -0.166. The highest BCUT2D eigenvalue weighted by Crippen LogP contribution is 2.58. The van der Waals surface area contributed by atoms with Crippen LogP contribution in [-0.4, -0.2) is 41.1 Å². The van der Waals surface area contributed by atoms with Gasteiger partial charge in [-0.05, 0) is 82.6 Å². The Morgan fingerprint density at radius 3 is 2.33 bits per heavy atom. The summed E-state index contributed by atoms with van der Waals surface area (Å²) < 4.78 is 11.0. The maximum atomic E-state index is 14.0. The molecule has 1 aliphatic heterocycles. The molecule has 33 heavy (non-hydrogen) atoms. The fraction of sp³-hybridized carbons (Fsp3) is 0.667. The molecule has 6 heteroatoms. The molecule has 0 aromatic heterocycles. The van der Waals surface area contributed by atoms with Crippen LogP contribution in [0.2, 0.25) is 0 Å². The standard InChI is InChI=1S/C27H37NO5/c1-18(24(30)33-26(2,3)4)22(20-10-12-27(13-11-20)14-15-27)23(29)28-21(17-32-25(28)31)16-19-8-6-5-7-9-19/h5-9,18,20-22H,10-17H2,1-4H3/t18?,21?,22-/m0/s1. The van der Waals surface area contributed by atoms with Crippen LogP contribution in [0.5, 0.6) is 0 Å². The molecule has 6 nitrogen and oxygen atoms in total. The van der Waals surface area contributed by atoms with Gasteiger partial charge < -0.3 is 9.47 Å². The van der Waals surface area contributed by atoms with Crippen molar-refractivity contribution < 1.29 is 23.9 Å². The van der Waals surface area contributed by atoms with Gasteiger partial charge in [-0.15, -0.1) is 0 Å². The van der Waals surface area contributed by atoms with Crippen molar-refractivity contribution in [3.63, 3.8) is 0 Å². The number of amides is 2. The third kappa shape index (κ3) is 5.42. The van der Waals surface area contributed by atoms with Crippen LogP contribution in [0.15, 0.2) is 30.3 Å². The minimum Gasteiger partial charge on any atom is -0.460 e. The molecule has 3 fully saturated rings. The number of nitrogens with zero attached hydrogens (tertiary/aromatic N) is 1. The predicted octanol–water partition coefficient (Wildman–Crippen LogP) is 5.14. The first-order valence-corrected chi connectivity index (χ1v) is 12.4. The summed E-state index contributed by atoms with van der Waals surface area (Å²) in [4.78, 5) is 41.0. The number of imide groups is 1. The van der Waals surface area contributed by atoms with Gasteiger partial charge in [0.15, 0.2) is 0 Å². The lowest BCUT2D eigenvalue weighted by Gasteiger charge is -2.38. The maximum absolute atomic E-state index is 14.0. The number of hydrogen-bond donors (Lipinski definition) is 0. The fourth-order valence-corrected chi connectivity index (χ4v) is 5.58. The van der Waals surface area contributed by atoms with Gasteiger partial charge in [0.1, 0.15) is 12.2 Å². The van der Waals surface area contributed by atoms with E-state index in [1.165, 1.54) is 17.7 Å². The SMILES string of the molecule is CC(C(=O)OC(C)(C)C)[C@H](C(=O)N1C(=O)OCC1Cc1ccccc1)C1CCC2(CC1)CC2. The Morgan fingerprint density at radius 1 is 1.12 bits per heavy atom. The molecule has 2 amide bonds. The molecule has 1 aromatic rings. The van der Waals surface area contributed by atoms with Crippen molar-refractivity contribution in [2.75, 3.05) is 6.61 Å². The molecule has 4 rings (SSSR count). The second-order valence-corrected chi connectivity index (χ2v) is 11.3. The van der Waals surface area contributed by atoms with Gasteiger partial charge >= 0.3 is 12.1 Å². The van der Waals surface area contributed by atoms with Gasteiger partial charge in [-0.25, -0.2) is 9.69 Å². The summed E-state index contributed by atoms with van der Waals surface area (Å²) in [6.07, 6.45) is 6.51. The second kappa shape index (κ2) is 9.11. The quantitative estimate of drug-likeness (QED) is 0.555. The summed E-state index contributed by atoms with van der Waals surface area (Å²) in [6.45, 7) is 7.46. The van der Waals surface area contributed by atoms with Crippen molar-refractivity contribution in [3.8, 4) is 0 Å². The van der Waals surface area contributed by atoms with Gasteiger partial charge in [-0.3, -0.25) is 9.59 Å². The van der Waals surface area contributed by atoms with E-state index in [1.807, 2.05) is 51.1 Å². The van der Waals surface area contributed by atoms with Gasteiger partial charge in [0, 0.05) is 0 Å². The van der Waals surface area contributed by atoms with E-state index in [1.54, 1.807) is 6.92 Å². The molecule has 0 bridgehead atoms. The van der Waals surface area contributed by atoms with E-state index in [2.05, 4.69) is 0 Å². The number of carbonyl (C=O) groups is 3. The number of rotatable bonds is 6. The van der Waals surface area contributed by atoms with Crippen LogP contribution in [0.1, 0.15) is 71.8 Å². The molecule has 1 heterocycles. The lowest BCUT2D eigenvalue weighted by Crippen LogP contribution is -2.49. The Bertz CT molecular complexity index is 876. The molecule has 1 aromatic carbocycles. The van der Waals surface area contributed by atoms with Crippen molar-refractivity contribution in [1.29, 1.82) is 0 Å². The van der Waals surface area contributed by atoms with Crippen LogP contribution in [-0.2, 0) is 25.5 Å². The smallest absolute Gasteiger partial charge is 0.416 e. The zero-order valence-electron chi connectivity index (χ0n) is 20.3. The molecular formula is C27H37NO5. The fourth-order valence-electron chi connectivity index (χ4n) is 5.58. The molecular weight excluding hydrogens is 418 g/mol. The number of hydrogen-bond acceptors (Lipinski definition) is 5. The molecule has 0 radical (unpaired) electrons. The van der Waals surface area contributed by atoms with Crippen LogP contribution in [0, 0.1) is 23.2 Å². The van der Waals surface area contributed by atoms with E-state index >= 15 is 0 Å². The zero-order valence-corrected chi connectivity index (χ0v) is 20.3. The molecule has 180 valence electrons. The van der Waals surface area contributed by atoms with Crippen molar-refractivity contribution in [2.24, 2.45) is 23.2 Å². The highest BCUT2D eigenvalue weighted by molar-refractivity contribution is 5.97. The first kappa shape index (κ1) is 23.8. The van der Waals surface area contributed by atoms with Gasteiger partial charge in [0.25, 0.3) is 0 Å². The Morgan fingerprint density at radius 2 is 1.76 bits per heavy atom. The maximum Gasteiger partial charge on any atom is 0.416 e. The predicted molar refractivity (Wildman–Crippen MR) is 124 cm³/mol. The van der Waals surface area contributed by atoms with E-state index in [-0.39, 0.29) is 30.4 Å². The number of carbonyl (C=O) groups excluding carboxylic acids is 3. The highest BCUT2D eigenvalue weighted by atomic mass is 16.6. The van der Waals surface area contributed by atoms with Crippen LogP contribution < -0.4 is 0 Å². The second-order valence-electron chi connectivity index (χ2n) is 11.3. The van der Waals surface area contributed by atoms with Crippen LogP contribution in [0.25, 0.3) is 0 Å². The Kier molecular flexibility index (Phi) is 6.56. The lowest BCUT2D eigenvalue weighted by atomic mass is 9.70. The third-order valence-corrected chi connectivity index (χ3v) is 7.67. The minimum atomic E-state index is -0.633. The van der Waals surface area contributed by atoms with E-state index in [0.29, 0.717) is 11.8 Å². The topological polar surface area (TPSA) is 72.9 Å². The Hall–Kier alpha value is -2.37. The Balaban J connectivity index is 1.57. The molecule has 1 saturated heterocycles. The number of esters is 1. The van der Waals surface area contributed by atoms with Gasteiger partial charge in [-0.2, -0.15) is 0 Å². The summed E-state index contributed by atoms with van der Waals surface area (Å²) >= 11 is 0. The Labute approximate surface area is 197 Å². The minimum absolute atomic E-state index is 0.0667. The average molecular weight is 456 g/mol. The first-order valence-electron chi connectivity index (χ1n) is 12.4. The van der Waals surface area contributed by atoms with Crippen LogP contribution in [0.3, 0.4) is 0 Å². The number of benzene rings is 1. The summed E-state index contributed by atoms with van der Waals surface area (Å²) in [5.41, 5.74) is 0.886. The van der Waals surface area contributed by atoms with Crippen molar-refractivity contribution in [3.05, 3.63) is 35.9 Å². The normalized spacial score (nSPS) is 24.3. The van der Waals surface area contributed by atoms with Crippen LogP contribution in [0.4, 0.5) is 4.79 Å². The molecule has 2 aliphatic carbocycles. The largest absolute Gasteiger partial charge is 0.460 e. The summed E-state index contributed by atoms with van der Waals surface area (Å²) in [5, 5.41) is 0. The van der Waals surface area contributed by atoms with Crippen molar-refractivity contribution in [1.82, 2.24) is 4.90 Å².